The normalized spacial score (nSPS) is 28.8. The lowest BCUT2D eigenvalue weighted by Gasteiger charge is -2.22. The first-order valence-electron chi connectivity index (χ1n) is 5.98. The van der Waals surface area contributed by atoms with Gasteiger partial charge in [0.05, 0.1) is 25.2 Å². The van der Waals surface area contributed by atoms with Crippen molar-refractivity contribution in [1.29, 1.82) is 0 Å². The fraction of sp³-hybridized carbons (Fsp3) is 0.917. The van der Waals surface area contributed by atoms with E-state index in [1.54, 1.807) is 0 Å². The maximum atomic E-state index is 11.5. The number of methoxy groups -OCH3 is 1. The highest BCUT2D eigenvalue weighted by Gasteiger charge is 2.36. The summed E-state index contributed by atoms with van der Waals surface area (Å²) in [6.45, 7) is 4.06. The Morgan fingerprint density at radius 1 is 1.50 bits per heavy atom. The number of ether oxygens (including phenoxy) is 2. The maximum absolute atomic E-state index is 11.5. The van der Waals surface area contributed by atoms with Crippen LogP contribution in [0, 0.1) is 11.8 Å². The number of rotatable bonds is 5. The lowest BCUT2D eigenvalue weighted by molar-refractivity contribution is -0.151. The second kappa shape index (κ2) is 6.21. The average molecular weight is 230 g/mol. The summed E-state index contributed by atoms with van der Waals surface area (Å²) in [6.07, 6.45) is 2.56. The van der Waals surface area contributed by atoms with E-state index < -0.39 is 0 Å². The molecule has 4 nitrogen and oxygen atoms in total. The van der Waals surface area contributed by atoms with Gasteiger partial charge in [0.15, 0.2) is 0 Å². The first-order valence-corrected chi connectivity index (χ1v) is 5.98. The summed E-state index contributed by atoms with van der Waals surface area (Å²) < 4.78 is 10.6. The molecule has 0 aromatic carbocycles. The summed E-state index contributed by atoms with van der Waals surface area (Å²) in [5.41, 5.74) is 0. The summed E-state index contributed by atoms with van der Waals surface area (Å²) in [7, 11) is 1.41. The molecule has 0 radical (unpaired) electrons. The van der Waals surface area contributed by atoms with E-state index in [1.165, 1.54) is 7.11 Å². The third-order valence-electron chi connectivity index (χ3n) is 3.40. The van der Waals surface area contributed by atoms with Crippen LogP contribution in [-0.4, -0.2) is 37.0 Å². The second-order valence-corrected chi connectivity index (χ2v) is 4.49. The molecule has 4 heteroatoms. The number of aliphatic hydroxyl groups is 1. The van der Waals surface area contributed by atoms with Crippen LogP contribution >= 0.6 is 0 Å². The number of carbonyl (C=O) groups is 1. The predicted molar refractivity (Wildman–Crippen MR) is 59.9 cm³/mol. The third kappa shape index (κ3) is 2.95. The summed E-state index contributed by atoms with van der Waals surface area (Å²) in [4.78, 5) is 11.5. The van der Waals surface area contributed by atoms with Crippen LogP contribution in [0.15, 0.2) is 0 Å². The summed E-state index contributed by atoms with van der Waals surface area (Å²) in [5, 5.41) is 9.06. The van der Waals surface area contributed by atoms with Crippen LogP contribution in [-0.2, 0) is 14.3 Å². The molecule has 0 aromatic rings. The van der Waals surface area contributed by atoms with Gasteiger partial charge in [0, 0.05) is 12.5 Å². The standard InChI is InChI=1S/C12H22O4/c1-4-9(12(14)15-3)11-6-5-10(16-11)8(2)7-13/h8-11,13H,4-7H2,1-3H3/t8-,9-,10-,11+/m0/s1. The topological polar surface area (TPSA) is 55.8 Å². The van der Waals surface area contributed by atoms with Crippen molar-refractivity contribution in [2.24, 2.45) is 11.8 Å². The molecule has 4 atom stereocenters. The Morgan fingerprint density at radius 3 is 2.62 bits per heavy atom. The minimum atomic E-state index is -0.190. The second-order valence-electron chi connectivity index (χ2n) is 4.49. The predicted octanol–water partition coefficient (Wildman–Crippen LogP) is 1.36. The van der Waals surface area contributed by atoms with Gasteiger partial charge in [0.1, 0.15) is 0 Å². The molecule has 1 fully saturated rings. The van der Waals surface area contributed by atoms with Gasteiger partial charge in [0.25, 0.3) is 0 Å². The van der Waals surface area contributed by atoms with E-state index in [0.29, 0.717) is 0 Å². The zero-order valence-electron chi connectivity index (χ0n) is 10.3. The molecule has 1 saturated heterocycles. The lowest BCUT2D eigenvalue weighted by atomic mass is 9.96. The smallest absolute Gasteiger partial charge is 0.311 e. The SMILES string of the molecule is CC[C@H](C(=O)OC)[C@H]1CC[C@@H]([C@@H](C)CO)O1. The van der Waals surface area contributed by atoms with Crippen molar-refractivity contribution in [1.82, 2.24) is 0 Å². The Morgan fingerprint density at radius 2 is 2.12 bits per heavy atom. The molecule has 1 aliphatic heterocycles. The van der Waals surface area contributed by atoms with Crippen molar-refractivity contribution in [3.63, 3.8) is 0 Å². The summed E-state index contributed by atoms with van der Waals surface area (Å²) in [5.74, 6) is -0.217. The zero-order valence-corrected chi connectivity index (χ0v) is 10.3. The van der Waals surface area contributed by atoms with E-state index in [1.807, 2.05) is 13.8 Å². The van der Waals surface area contributed by atoms with Crippen molar-refractivity contribution in [3.8, 4) is 0 Å². The van der Waals surface area contributed by atoms with Gasteiger partial charge in [-0.05, 0) is 19.3 Å². The molecule has 0 bridgehead atoms. The fourth-order valence-electron chi connectivity index (χ4n) is 2.25. The van der Waals surface area contributed by atoms with Crippen LogP contribution in [0.2, 0.25) is 0 Å². The Balaban J connectivity index is 2.53. The molecular formula is C12H22O4. The molecule has 16 heavy (non-hydrogen) atoms. The van der Waals surface area contributed by atoms with Crippen LogP contribution in [0.3, 0.4) is 0 Å². The fourth-order valence-corrected chi connectivity index (χ4v) is 2.25. The summed E-state index contributed by atoms with van der Waals surface area (Å²) >= 11 is 0. The number of carbonyl (C=O) groups excluding carboxylic acids is 1. The summed E-state index contributed by atoms with van der Waals surface area (Å²) in [6, 6.07) is 0. The number of hydrogen-bond donors (Lipinski definition) is 1. The van der Waals surface area contributed by atoms with Gasteiger partial charge >= 0.3 is 5.97 Å². The van der Waals surface area contributed by atoms with E-state index in [4.69, 9.17) is 14.6 Å². The molecule has 0 amide bonds. The van der Waals surface area contributed by atoms with Crippen molar-refractivity contribution < 1.29 is 19.4 Å². The Labute approximate surface area is 96.9 Å². The third-order valence-corrected chi connectivity index (χ3v) is 3.40. The van der Waals surface area contributed by atoms with Gasteiger partial charge < -0.3 is 14.6 Å². The van der Waals surface area contributed by atoms with E-state index >= 15 is 0 Å². The molecule has 94 valence electrons. The minimum Gasteiger partial charge on any atom is -0.469 e. The quantitative estimate of drug-likeness (QED) is 0.725. The van der Waals surface area contributed by atoms with Gasteiger partial charge in [-0.3, -0.25) is 4.79 Å². The lowest BCUT2D eigenvalue weighted by Crippen LogP contribution is -2.30. The molecule has 1 aliphatic rings. The van der Waals surface area contributed by atoms with Crippen LogP contribution < -0.4 is 0 Å². The Hall–Kier alpha value is -0.610. The maximum Gasteiger partial charge on any atom is 0.311 e. The van der Waals surface area contributed by atoms with Crippen LogP contribution in [0.25, 0.3) is 0 Å². The Bertz CT molecular complexity index is 229. The first-order chi connectivity index (χ1) is 7.63. The number of aliphatic hydroxyl groups excluding tert-OH is 1. The van der Waals surface area contributed by atoms with Crippen molar-refractivity contribution in [2.75, 3.05) is 13.7 Å². The molecule has 1 heterocycles. The van der Waals surface area contributed by atoms with Gasteiger partial charge in [-0.2, -0.15) is 0 Å². The molecule has 0 spiro atoms. The first kappa shape index (κ1) is 13.5. The van der Waals surface area contributed by atoms with E-state index in [-0.39, 0.29) is 36.6 Å². The molecule has 0 aromatic heterocycles. The van der Waals surface area contributed by atoms with E-state index in [9.17, 15) is 4.79 Å². The number of esters is 1. The van der Waals surface area contributed by atoms with Gasteiger partial charge in [-0.25, -0.2) is 0 Å². The average Bonchev–Trinajstić information content (AvgIpc) is 2.78. The number of hydrogen-bond acceptors (Lipinski definition) is 4. The van der Waals surface area contributed by atoms with E-state index in [2.05, 4.69) is 0 Å². The molecule has 1 rings (SSSR count). The Kier molecular flexibility index (Phi) is 5.22. The van der Waals surface area contributed by atoms with Crippen molar-refractivity contribution in [2.45, 2.75) is 45.3 Å². The molecule has 1 N–H and O–H groups in total. The largest absolute Gasteiger partial charge is 0.469 e. The van der Waals surface area contributed by atoms with Gasteiger partial charge in [0.2, 0.25) is 0 Å². The monoisotopic (exact) mass is 230 g/mol. The minimum absolute atomic E-state index is 0.0450. The zero-order chi connectivity index (χ0) is 12.1. The van der Waals surface area contributed by atoms with Crippen molar-refractivity contribution >= 4 is 5.97 Å². The molecular weight excluding hydrogens is 208 g/mol. The highest BCUT2D eigenvalue weighted by molar-refractivity contribution is 5.72. The van der Waals surface area contributed by atoms with Crippen LogP contribution in [0.5, 0.6) is 0 Å². The van der Waals surface area contributed by atoms with Crippen LogP contribution in [0.4, 0.5) is 0 Å². The molecule has 0 unspecified atom stereocenters. The van der Waals surface area contributed by atoms with Crippen molar-refractivity contribution in [3.05, 3.63) is 0 Å². The van der Waals surface area contributed by atoms with Crippen LogP contribution in [0.1, 0.15) is 33.1 Å². The van der Waals surface area contributed by atoms with Gasteiger partial charge in [-0.1, -0.05) is 13.8 Å². The van der Waals surface area contributed by atoms with Gasteiger partial charge in [-0.15, -0.1) is 0 Å². The molecule has 0 aliphatic carbocycles. The molecule has 0 saturated carbocycles. The van der Waals surface area contributed by atoms with E-state index in [0.717, 1.165) is 19.3 Å². The highest BCUT2D eigenvalue weighted by Crippen LogP contribution is 2.31. The highest BCUT2D eigenvalue weighted by atomic mass is 16.5.